The molecule has 3 heteroatoms. The maximum absolute atomic E-state index is 9.22. The zero-order valence-electron chi connectivity index (χ0n) is 16.3. The van der Waals surface area contributed by atoms with Crippen LogP contribution in [0.3, 0.4) is 0 Å². The van der Waals surface area contributed by atoms with E-state index < -0.39 is 6.10 Å². The van der Waals surface area contributed by atoms with Crippen molar-refractivity contribution in [3.63, 3.8) is 0 Å². The minimum absolute atomic E-state index is 0.105. The Labute approximate surface area is 156 Å². The zero-order chi connectivity index (χ0) is 17.7. The van der Waals surface area contributed by atoms with Gasteiger partial charge in [-0.05, 0) is 12.2 Å². The molecule has 0 bridgehead atoms. The van der Waals surface area contributed by atoms with Gasteiger partial charge in [0.05, 0.1) is 12.7 Å². The largest absolute Gasteiger partial charge is 0.394 e. The second-order valence-electron chi connectivity index (χ2n) is 7.21. The number of rotatable bonds is 20. The summed E-state index contributed by atoms with van der Waals surface area (Å²) in [6.07, 6.45) is 22.0. The molecule has 2 nitrogen and oxygen atoms in total. The maximum Gasteiger partial charge on any atom is 0.0861 e. The molecular weight excluding hydrogens is 316 g/mol. The van der Waals surface area contributed by atoms with Gasteiger partial charge in [-0.25, -0.2) is 0 Å². The van der Waals surface area contributed by atoms with Gasteiger partial charge in [-0.1, -0.05) is 103 Å². The van der Waals surface area contributed by atoms with E-state index in [-0.39, 0.29) is 6.61 Å². The monoisotopic (exact) mass is 360 g/mol. The Bertz CT molecular complexity index is 224. The van der Waals surface area contributed by atoms with Gasteiger partial charge in [0.2, 0.25) is 0 Å². The third-order valence-corrected chi connectivity index (χ3v) is 5.86. The summed E-state index contributed by atoms with van der Waals surface area (Å²) in [5.41, 5.74) is 0. The van der Waals surface area contributed by atoms with Gasteiger partial charge in [-0.3, -0.25) is 0 Å². The van der Waals surface area contributed by atoms with E-state index in [0.29, 0.717) is 5.75 Å². The summed E-state index contributed by atoms with van der Waals surface area (Å²) in [4.78, 5) is 0. The molecule has 2 N–H and O–H groups in total. The fourth-order valence-electron chi connectivity index (χ4n) is 3.02. The van der Waals surface area contributed by atoms with Crippen molar-refractivity contribution in [2.24, 2.45) is 0 Å². The van der Waals surface area contributed by atoms with Crippen molar-refractivity contribution in [2.75, 3.05) is 18.1 Å². The average Bonchev–Trinajstić information content (AvgIpc) is 2.60. The molecule has 0 aliphatic rings. The van der Waals surface area contributed by atoms with Crippen molar-refractivity contribution in [1.82, 2.24) is 0 Å². The lowest BCUT2D eigenvalue weighted by atomic mass is 10.0. The molecule has 0 aromatic rings. The standard InChI is InChI=1S/C21H44O2S/c1-2-3-4-5-6-7-8-9-10-11-12-13-14-15-16-17-18-24-20-21(23)19-22/h21-23H,2-20H2,1H3. The van der Waals surface area contributed by atoms with Crippen LogP contribution in [-0.2, 0) is 0 Å². The van der Waals surface area contributed by atoms with Gasteiger partial charge in [0.15, 0.2) is 0 Å². The number of hydrogen-bond donors (Lipinski definition) is 2. The van der Waals surface area contributed by atoms with E-state index >= 15 is 0 Å². The highest BCUT2D eigenvalue weighted by atomic mass is 32.2. The molecule has 0 aliphatic heterocycles. The lowest BCUT2D eigenvalue weighted by Crippen LogP contribution is -2.14. The Kier molecular flexibility index (Phi) is 21.6. The fraction of sp³-hybridized carbons (Fsp3) is 1.00. The van der Waals surface area contributed by atoms with Gasteiger partial charge in [0.1, 0.15) is 0 Å². The molecule has 0 amide bonds. The van der Waals surface area contributed by atoms with Crippen LogP contribution >= 0.6 is 11.8 Å². The molecule has 0 heterocycles. The predicted octanol–water partition coefficient (Wildman–Crippen LogP) is 6.33. The molecule has 0 rings (SSSR count). The van der Waals surface area contributed by atoms with Crippen LogP contribution in [-0.4, -0.2) is 34.4 Å². The van der Waals surface area contributed by atoms with Gasteiger partial charge in [-0.2, -0.15) is 11.8 Å². The molecule has 0 aliphatic carbocycles. The third-order valence-electron chi connectivity index (χ3n) is 4.66. The van der Waals surface area contributed by atoms with Crippen LogP contribution in [0.5, 0.6) is 0 Å². The number of aliphatic hydroxyl groups is 2. The van der Waals surface area contributed by atoms with E-state index in [2.05, 4.69) is 6.92 Å². The first-order valence-electron chi connectivity index (χ1n) is 10.7. The summed E-state index contributed by atoms with van der Waals surface area (Å²) in [6, 6.07) is 0. The summed E-state index contributed by atoms with van der Waals surface area (Å²) in [7, 11) is 0. The lowest BCUT2D eigenvalue weighted by Gasteiger charge is -2.06. The van der Waals surface area contributed by atoms with Crippen LogP contribution in [0, 0.1) is 0 Å². The molecule has 24 heavy (non-hydrogen) atoms. The summed E-state index contributed by atoms with van der Waals surface area (Å²) < 4.78 is 0. The van der Waals surface area contributed by atoms with Crippen LogP contribution in [0.2, 0.25) is 0 Å². The minimum atomic E-state index is -0.531. The second kappa shape index (κ2) is 21.3. The fourth-order valence-corrected chi connectivity index (χ4v) is 3.98. The van der Waals surface area contributed by atoms with E-state index in [4.69, 9.17) is 5.11 Å². The number of thioether (sulfide) groups is 1. The van der Waals surface area contributed by atoms with Crippen molar-refractivity contribution in [3.8, 4) is 0 Å². The molecular formula is C21H44O2S. The van der Waals surface area contributed by atoms with Crippen molar-refractivity contribution in [1.29, 1.82) is 0 Å². The second-order valence-corrected chi connectivity index (χ2v) is 8.36. The highest BCUT2D eigenvalue weighted by Gasteiger charge is 2.00. The minimum Gasteiger partial charge on any atom is -0.394 e. The van der Waals surface area contributed by atoms with Crippen molar-refractivity contribution >= 4 is 11.8 Å². The molecule has 0 fully saturated rings. The summed E-state index contributed by atoms with van der Waals surface area (Å²) >= 11 is 1.76. The van der Waals surface area contributed by atoms with E-state index in [0.717, 1.165) is 5.75 Å². The first-order chi connectivity index (χ1) is 11.8. The van der Waals surface area contributed by atoms with Gasteiger partial charge in [0.25, 0.3) is 0 Å². The summed E-state index contributed by atoms with van der Waals surface area (Å²) in [5, 5.41) is 17.9. The highest BCUT2D eigenvalue weighted by Crippen LogP contribution is 2.14. The average molecular weight is 361 g/mol. The molecule has 0 saturated carbocycles. The van der Waals surface area contributed by atoms with Gasteiger partial charge >= 0.3 is 0 Å². The Balaban J connectivity index is 2.98. The molecule has 0 saturated heterocycles. The van der Waals surface area contributed by atoms with Crippen LogP contribution in [0.4, 0.5) is 0 Å². The van der Waals surface area contributed by atoms with Crippen molar-refractivity contribution in [2.45, 2.75) is 116 Å². The Morgan fingerprint density at radius 1 is 0.625 bits per heavy atom. The lowest BCUT2D eigenvalue weighted by molar-refractivity contribution is 0.113. The molecule has 1 atom stereocenters. The maximum atomic E-state index is 9.22. The first kappa shape index (κ1) is 24.3. The van der Waals surface area contributed by atoms with Crippen LogP contribution in [0.25, 0.3) is 0 Å². The third kappa shape index (κ3) is 20.3. The van der Waals surface area contributed by atoms with Crippen molar-refractivity contribution in [3.05, 3.63) is 0 Å². The molecule has 1 unspecified atom stereocenters. The predicted molar refractivity (Wildman–Crippen MR) is 110 cm³/mol. The SMILES string of the molecule is CCCCCCCCCCCCCCCCCCSCC(O)CO. The number of hydrogen-bond acceptors (Lipinski definition) is 3. The summed E-state index contributed by atoms with van der Waals surface area (Å²) in [6.45, 7) is 2.18. The molecule has 146 valence electrons. The topological polar surface area (TPSA) is 40.5 Å². The Morgan fingerprint density at radius 2 is 1.00 bits per heavy atom. The van der Waals surface area contributed by atoms with Gasteiger partial charge < -0.3 is 10.2 Å². The first-order valence-corrected chi connectivity index (χ1v) is 11.8. The number of aliphatic hydroxyl groups excluding tert-OH is 2. The quantitative estimate of drug-likeness (QED) is 0.249. The van der Waals surface area contributed by atoms with E-state index in [1.807, 2.05) is 0 Å². The Hall–Kier alpha value is 0.270. The van der Waals surface area contributed by atoms with E-state index in [9.17, 15) is 5.11 Å². The van der Waals surface area contributed by atoms with Crippen LogP contribution in [0.15, 0.2) is 0 Å². The van der Waals surface area contributed by atoms with Crippen LogP contribution < -0.4 is 0 Å². The smallest absolute Gasteiger partial charge is 0.0861 e. The molecule has 0 aromatic carbocycles. The van der Waals surface area contributed by atoms with E-state index in [1.54, 1.807) is 11.8 Å². The van der Waals surface area contributed by atoms with E-state index in [1.165, 1.54) is 103 Å². The van der Waals surface area contributed by atoms with Crippen molar-refractivity contribution < 1.29 is 10.2 Å². The normalized spacial score (nSPS) is 12.6. The molecule has 0 spiro atoms. The van der Waals surface area contributed by atoms with Crippen LogP contribution in [0.1, 0.15) is 110 Å². The number of unbranched alkanes of at least 4 members (excludes halogenated alkanes) is 15. The molecule has 0 aromatic heterocycles. The molecule has 0 radical (unpaired) electrons. The van der Waals surface area contributed by atoms with Gasteiger partial charge in [0, 0.05) is 5.75 Å². The highest BCUT2D eigenvalue weighted by molar-refractivity contribution is 7.99. The van der Waals surface area contributed by atoms with Gasteiger partial charge in [-0.15, -0.1) is 0 Å². The zero-order valence-corrected chi connectivity index (χ0v) is 17.1. The summed E-state index contributed by atoms with van der Waals surface area (Å²) in [5.74, 6) is 1.80. The Morgan fingerprint density at radius 3 is 1.38 bits per heavy atom.